The Hall–Kier alpha value is -2.83. The SMILES string of the molecule is CCCCOc1ccc(S(=O)(=O)CC(O)(C(=O)N(C)O)n2c(O)cn(C)c2=O)cc1. The van der Waals surface area contributed by atoms with Gasteiger partial charge in [0, 0.05) is 14.1 Å². The highest BCUT2D eigenvalue weighted by Crippen LogP contribution is 2.26. The molecule has 12 heteroatoms. The van der Waals surface area contributed by atoms with E-state index in [-0.39, 0.29) is 14.5 Å². The monoisotopic (exact) mass is 443 g/mol. The summed E-state index contributed by atoms with van der Waals surface area (Å²) in [4.78, 5) is 24.5. The minimum absolute atomic E-state index is 0.0565. The summed E-state index contributed by atoms with van der Waals surface area (Å²) < 4.78 is 32.3. The van der Waals surface area contributed by atoms with Crippen molar-refractivity contribution in [2.24, 2.45) is 7.05 Å². The second-order valence-electron chi connectivity index (χ2n) is 6.79. The average molecular weight is 443 g/mol. The lowest BCUT2D eigenvalue weighted by atomic mass is 10.2. The number of likely N-dealkylation sites (N-methyl/N-ethyl adjacent to an activating group) is 1. The number of aromatic nitrogens is 2. The van der Waals surface area contributed by atoms with Crippen LogP contribution in [0.3, 0.4) is 0 Å². The number of unbranched alkanes of at least 4 members (excludes halogenated alkanes) is 1. The average Bonchev–Trinajstić information content (AvgIpc) is 2.93. The molecule has 1 aromatic carbocycles. The smallest absolute Gasteiger partial charge is 0.333 e. The van der Waals surface area contributed by atoms with Crippen molar-refractivity contribution in [3.63, 3.8) is 0 Å². The number of hydrogen-bond acceptors (Lipinski definition) is 8. The minimum Gasteiger partial charge on any atom is -0.494 e. The van der Waals surface area contributed by atoms with Crippen LogP contribution in [0.1, 0.15) is 19.8 Å². The van der Waals surface area contributed by atoms with Crippen molar-refractivity contribution in [3.05, 3.63) is 40.9 Å². The van der Waals surface area contributed by atoms with Crippen molar-refractivity contribution in [3.8, 4) is 11.6 Å². The molecule has 0 aliphatic heterocycles. The van der Waals surface area contributed by atoms with Crippen molar-refractivity contribution >= 4 is 15.7 Å². The van der Waals surface area contributed by atoms with Crippen LogP contribution in [-0.2, 0) is 27.4 Å². The third-order valence-corrected chi connectivity index (χ3v) is 6.15. The van der Waals surface area contributed by atoms with Crippen molar-refractivity contribution in [2.75, 3.05) is 19.4 Å². The molecule has 11 nitrogen and oxygen atoms in total. The Labute approximate surface area is 173 Å². The van der Waals surface area contributed by atoms with E-state index in [9.17, 15) is 33.4 Å². The van der Waals surface area contributed by atoms with Crippen LogP contribution in [0, 0.1) is 0 Å². The molecule has 1 amide bonds. The fourth-order valence-corrected chi connectivity index (χ4v) is 4.30. The van der Waals surface area contributed by atoms with Gasteiger partial charge in [-0.25, -0.2) is 22.8 Å². The highest BCUT2D eigenvalue weighted by atomic mass is 32.2. The maximum Gasteiger partial charge on any atom is 0.333 e. The summed E-state index contributed by atoms with van der Waals surface area (Å²) in [6.45, 7) is 2.47. The van der Waals surface area contributed by atoms with E-state index in [1.54, 1.807) is 0 Å². The van der Waals surface area contributed by atoms with Crippen LogP contribution in [-0.4, -0.2) is 63.4 Å². The lowest BCUT2D eigenvalue weighted by molar-refractivity contribution is -0.188. The van der Waals surface area contributed by atoms with Gasteiger partial charge in [-0.05, 0) is 30.7 Å². The van der Waals surface area contributed by atoms with E-state index >= 15 is 0 Å². The molecule has 166 valence electrons. The molecule has 0 bridgehead atoms. The summed E-state index contributed by atoms with van der Waals surface area (Å²) in [5.74, 6) is -3.23. The molecule has 1 aromatic heterocycles. The van der Waals surface area contributed by atoms with Crippen molar-refractivity contribution in [1.82, 2.24) is 14.2 Å². The minimum atomic E-state index is -4.36. The third kappa shape index (κ3) is 4.66. The quantitative estimate of drug-likeness (QED) is 0.279. The lowest BCUT2D eigenvalue weighted by Gasteiger charge is -2.29. The first-order chi connectivity index (χ1) is 13.9. The number of ether oxygens (including phenoxy) is 1. The van der Waals surface area contributed by atoms with Crippen LogP contribution in [0.25, 0.3) is 0 Å². The molecule has 0 aliphatic rings. The number of benzene rings is 1. The molecule has 1 unspecified atom stereocenters. The number of sulfone groups is 1. The number of hydrogen-bond donors (Lipinski definition) is 3. The Morgan fingerprint density at radius 3 is 2.33 bits per heavy atom. The summed E-state index contributed by atoms with van der Waals surface area (Å²) in [5, 5.41) is 30.4. The van der Waals surface area contributed by atoms with Gasteiger partial charge in [-0.1, -0.05) is 13.3 Å². The van der Waals surface area contributed by atoms with E-state index in [2.05, 4.69) is 0 Å². The van der Waals surface area contributed by atoms with Crippen LogP contribution < -0.4 is 10.4 Å². The Balaban J connectivity index is 2.44. The van der Waals surface area contributed by atoms with E-state index in [4.69, 9.17) is 4.74 Å². The number of aliphatic hydroxyl groups is 1. The Kier molecular flexibility index (Phi) is 6.95. The highest BCUT2D eigenvalue weighted by Gasteiger charge is 2.47. The van der Waals surface area contributed by atoms with Gasteiger partial charge in [0.25, 0.3) is 0 Å². The first kappa shape index (κ1) is 23.4. The standard InChI is InChI=1S/C18H25N3O8S/c1-4-5-10-29-13-6-8-14(9-7-13)30(27,28)12-18(25,16(23)20(3)26)21-15(22)11-19(2)17(21)24/h6-9,11,22,25-26H,4-5,10,12H2,1-3H3. The van der Waals surface area contributed by atoms with Gasteiger partial charge >= 0.3 is 11.6 Å². The van der Waals surface area contributed by atoms with E-state index in [1.807, 2.05) is 6.92 Å². The Morgan fingerprint density at radius 1 is 1.27 bits per heavy atom. The van der Waals surface area contributed by atoms with Crippen LogP contribution >= 0.6 is 0 Å². The highest BCUT2D eigenvalue weighted by molar-refractivity contribution is 7.91. The van der Waals surface area contributed by atoms with Gasteiger partial charge < -0.3 is 14.9 Å². The Morgan fingerprint density at radius 2 is 1.87 bits per heavy atom. The molecule has 0 spiro atoms. The van der Waals surface area contributed by atoms with Gasteiger partial charge in [0.15, 0.2) is 9.84 Å². The van der Waals surface area contributed by atoms with Crippen LogP contribution in [0.2, 0.25) is 0 Å². The summed E-state index contributed by atoms with van der Waals surface area (Å²) in [6.07, 6.45) is 2.66. The topological polar surface area (TPSA) is 151 Å². The molecule has 1 heterocycles. The van der Waals surface area contributed by atoms with Gasteiger partial charge in [-0.3, -0.25) is 14.6 Å². The van der Waals surface area contributed by atoms with Gasteiger partial charge in [0.2, 0.25) is 11.6 Å². The second-order valence-corrected chi connectivity index (χ2v) is 8.78. The molecule has 0 saturated heterocycles. The van der Waals surface area contributed by atoms with Crippen LogP contribution in [0.4, 0.5) is 0 Å². The number of nitrogens with zero attached hydrogens (tertiary/aromatic N) is 3. The predicted molar refractivity (Wildman–Crippen MR) is 105 cm³/mol. The summed E-state index contributed by atoms with van der Waals surface area (Å²) in [5.41, 5.74) is -4.15. The van der Waals surface area contributed by atoms with Gasteiger partial charge in [-0.15, -0.1) is 0 Å². The summed E-state index contributed by atoms with van der Waals surface area (Å²) in [6, 6.07) is 5.32. The molecule has 2 aromatic rings. The molecule has 2 rings (SSSR count). The van der Waals surface area contributed by atoms with Crippen molar-refractivity contribution in [1.29, 1.82) is 0 Å². The number of carbonyl (C=O) groups is 1. The number of aryl methyl sites for hydroxylation is 1. The molecular weight excluding hydrogens is 418 g/mol. The van der Waals surface area contributed by atoms with Crippen LogP contribution in [0.5, 0.6) is 11.6 Å². The molecule has 1 atom stereocenters. The van der Waals surface area contributed by atoms with Crippen LogP contribution in [0.15, 0.2) is 40.2 Å². The zero-order valence-electron chi connectivity index (χ0n) is 16.8. The van der Waals surface area contributed by atoms with Gasteiger partial charge in [0.1, 0.15) is 11.5 Å². The zero-order valence-corrected chi connectivity index (χ0v) is 17.7. The zero-order chi connectivity index (χ0) is 22.7. The number of aromatic hydroxyl groups is 1. The molecule has 0 aliphatic carbocycles. The maximum absolute atomic E-state index is 12.9. The van der Waals surface area contributed by atoms with Gasteiger partial charge in [-0.2, -0.15) is 0 Å². The van der Waals surface area contributed by atoms with E-state index < -0.39 is 38.8 Å². The maximum atomic E-state index is 12.9. The molecular formula is C18H25N3O8S. The number of amides is 1. The molecule has 0 saturated carbocycles. The summed E-state index contributed by atoms with van der Waals surface area (Å²) in [7, 11) is -2.27. The van der Waals surface area contributed by atoms with E-state index in [0.717, 1.165) is 30.7 Å². The van der Waals surface area contributed by atoms with Crippen molar-refractivity contribution < 1.29 is 33.4 Å². The fourth-order valence-electron chi connectivity index (χ4n) is 2.80. The third-order valence-electron chi connectivity index (χ3n) is 4.38. The van der Waals surface area contributed by atoms with E-state index in [0.29, 0.717) is 12.4 Å². The number of rotatable bonds is 9. The van der Waals surface area contributed by atoms with Gasteiger partial charge in [0.05, 0.1) is 17.7 Å². The molecule has 0 fully saturated rings. The number of imidazole rings is 1. The lowest BCUT2D eigenvalue weighted by Crippen LogP contribution is -2.56. The summed E-state index contributed by atoms with van der Waals surface area (Å²) >= 11 is 0. The fraction of sp³-hybridized carbons (Fsp3) is 0.444. The Bertz CT molecular complexity index is 1060. The first-order valence-corrected chi connectivity index (χ1v) is 10.7. The largest absolute Gasteiger partial charge is 0.494 e. The van der Waals surface area contributed by atoms with E-state index in [1.165, 1.54) is 31.3 Å². The number of hydroxylamine groups is 2. The second kappa shape index (κ2) is 8.90. The number of carbonyl (C=O) groups excluding carboxylic acids is 1. The van der Waals surface area contributed by atoms with Crippen molar-refractivity contribution in [2.45, 2.75) is 30.4 Å². The molecule has 30 heavy (non-hydrogen) atoms. The molecule has 3 N–H and O–H groups in total. The normalized spacial score (nSPS) is 13.6. The predicted octanol–water partition coefficient (Wildman–Crippen LogP) is 0.0379. The molecule has 0 radical (unpaired) electrons. The first-order valence-electron chi connectivity index (χ1n) is 9.07.